The molecule has 2 amide bonds. The van der Waals surface area contributed by atoms with E-state index in [9.17, 15) is 14.7 Å². The van der Waals surface area contributed by atoms with Crippen LogP contribution in [0.15, 0.2) is 0 Å². The lowest BCUT2D eigenvalue weighted by Crippen LogP contribution is -2.54. The molecule has 0 saturated heterocycles. The van der Waals surface area contributed by atoms with Crippen molar-refractivity contribution in [3.63, 3.8) is 0 Å². The van der Waals surface area contributed by atoms with Crippen molar-refractivity contribution in [2.75, 3.05) is 0 Å². The molecule has 20 heavy (non-hydrogen) atoms. The van der Waals surface area contributed by atoms with Crippen molar-refractivity contribution in [2.45, 2.75) is 71.9 Å². The zero-order chi connectivity index (χ0) is 15.3. The third-order valence-corrected chi connectivity index (χ3v) is 4.08. The zero-order valence-corrected chi connectivity index (χ0v) is 13.0. The van der Waals surface area contributed by atoms with Crippen LogP contribution in [0.25, 0.3) is 0 Å². The number of nitrogens with one attached hydrogen (secondary N) is 2. The van der Waals surface area contributed by atoms with E-state index in [-0.39, 0.29) is 12.1 Å². The van der Waals surface area contributed by atoms with Crippen LogP contribution in [0.3, 0.4) is 0 Å². The van der Waals surface area contributed by atoms with E-state index in [4.69, 9.17) is 0 Å². The maximum Gasteiger partial charge on any atom is 0.326 e. The smallest absolute Gasteiger partial charge is 0.326 e. The molecule has 5 heteroatoms. The molecule has 3 unspecified atom stereocenters. The van der Waals surface area contributed by atoms with Gasteiger partial charge in [0.25, 0.3) is 0 Å². The van der Waals surface area contributed by atoms with Crippen molar-refractivity contribution in [2.24, 2.45) is 11.3 Å². The molecule has 0 heterocycles. The summed E-state index contributed by atoms with van der Waals surface area (Å²) in [5.74, 6) is -0.324. The van der Waals surface area contributed by atoms with Crippen molar-refractivity contribution in [1.82, 2.24) is 10.6 Å². The van der Waals surface area contributed by atoms with Crippen LogP contribution in [0, 0.1) is 11.3 Å². The lowest BCUT2D eigenvalue weighted by Gasteiger charge is -2.31. The third-order valence-electron chi connectivity index (χ3n) is 4.08. The topological polar surface area (TPSA) is 78.4 Å². The second kappa shape index (κ2) is 6.95. The fourth-order valence-electron chi connectivity index (χ4n) is 2.80. The maximum absolute atomic E-state index is 12.0. The number of hydrogen-bond acceptors (Lipinski definition) is 2. The molecule has 0 aromatic heterocycles. The van der Waals surface area contributed by atoms with Gasteiger partial charge in [-0.2, -0.15) is 0 Å². The highest BCUT2D eigenvalue weighted by atomic mass is 16.4. The summed E-state index contributed by atoms with van der Waals surface area (Å²) in [6.07, 6.45) is 5.48. The highest BCUT2D eigenvalue weighted by molar-refractivity contribution is 5.83. The Balaban J connectivity index is 2.52. The number of carboxylic acids is 1. The third kappa shape index (κ3) is 5.02. The molecule has 5 nitrogen and oxygen atoms in total. The Kier molecular flexibility index (Phi) is 5.84. The van der Waals surface area contributed by atoms with Crippen molar-refractivity contribution in [3.05, 3.63) is 0 Å². The van der Waals surface area contributed by atoms with E-state index in [0.717, 1.165) is 25.7 Å². The maximum atomic E-state index is 12.0. The second-order valence-corrected chi connectivity index (χ2v) is 6.89. The predicted octanol–water partition coefficient (Wildman–Crippen LogP) is 2.75. The van der Waals surface area contributed by atoms with Gasteiger partial charge in [0.1, 0.15) is 6.04 Å². The van der Waals surface area contributed by atoms with Crippen LogP contribution < -0.4 is 10.6 Å². The average molecular weight is 284 g/mol. The van der Waals surface area contributed by atoms with Gasteiger partial charge in [0.05, 0.1) is 0 Å². The molecule has 3 atom stereocenters. The Morgan fingerprint density at radius 1 is 1.30 bits per heavy atom. The molecule has 0 aliphatic heterocycles. The molecule has 1 aliphatic rings. The summed E-state index contributed by atoms with van der Waals surface area (Å²) in [4.78, 5) is 23.2. The van der Waals surface area contributed by atoms with Crippen LogP contribution in [0.5, 0.6) is 0 Å². The Labute approximate surface area is 121 Å². The van der Waals surface area contributed by atoms with E-state index in [1.165, 1.54) is 6.42 Å². The molecule has 0 spiro atoms. The summed E-state index contributed by atoms with van der Waals surface area (Å²) in [6.45, 7) is 7.59. The summed E-state index contributed by atoms with van der Waals surface area (Å²) >= 11 is 0. The molecule has 116 valence electrons. The van der Waals surface area contributed by atoms with Crippen LogP contribution in [0.2, 0.25) is 0 Å². The summed E-state index contributed by atoms with van der Waals surface area (Å²) in [7, 11) is 0. The first-order chi connectivity index (χ1) is 9.24. The molecule has 0 aromatic rings. The predicted molar refractivity (Wildman–Crippen MR) is 78.6 cm³/mol. The highest BCUT2D eigenvalue weighted by Gasteiger charge is 2.33. The van der Waals surface area contributed by atoms with E-state index in [0.29, 0.717) is 5.92 Å². The molecule has 0 radical (unpaired) electrons. The lowest BCUT2D eigenvalue weighted by atomic mass is 9.84. The Hall–Kier alpha value is -1.26. The van der Waals surface area contributed by atoms with E-state index in [2.05, 4.69) is 17.6 Å². The largest absolute Gasteiger partial charge is 0.480 e. The minimum absolute atomic E-state index is 0.170. The van der Waals surface area contributed by atoms with E-state index < -0.39 is 17.4 Å². The molecular weight excluding hydrogens is 256 g/mol. The summed E-state index contributed by atoms with van der Waals surface area (Å²) in [5.41, 5.74) is -0.512. The summed E-state index contributed by atoms with van der Waals surface area (Å²) in [6, 6.07) is -1.08. The number of carbonyl (C=O) groups excluding carboxylic acids is 1. The summed E-state index contributed by atoms with van der Waals surface area (Å²) < 4.78 is 0. The lowest BCUT2D eigenvalue weighted by molar-refractivity contribution is -0.141. The van der Waals surface area contributed by atoms with Crippen LogP contribution in [-0.2, 0) is 4.79 Å². The van der Waals surface area contributed by atoms with Crippen molar-refractivity contribution in [3.8, 4) is 0 Å². The molecule has 0 aromatic carbocycles. The number of carboxylic acid groups (broad SMARTS) is 1. The van der Waals surface area contributed by atoms with Crippen LogP contribution >= 0.6 is 0 Å². The minimum Gasteiger partial charge on any atom is -0.480 e. The molecule has 3 N–H and O–H groups in total. The number of urea groups is 1. The first-order valence-corrected chi connectivity index (χ1v) is 7.53. The van der Waals surface area contributed by atoms with Gasteiger partial charge in [0.2, 0.25) is 0 Å². The van der Waals surface area contributed by atoms with Gasteiger partial charge in [0.15, 0.2) is 0 Å². The molecule has 1 rings (SSSR count). The van der Waals surface area contributed by atoms with Crippen molar-refractivity contribution < 1.29 is 14.7 Å². The fourth-order valence-corrected chi connectivity index (χ4v) is 2.80. The van der Waals surface area contributed by atoms with Gasteiger partial charge in [-0.3, -0.25) is 0 Å². The van der Waals surface area contributed by atoms with Crippen molar-refractivity contribution in [1.29, 1.82) is 0 Å². The van der Waals surface area contributed by atoms with Crippen molar-refractivity contribution >= 4 is 12.0 Å². The number of hydrogen-bond donors (Lipinski definition) is 3. The Morgan fingerprint density at radius 3 is 2.45 bits per heavy atom. The fraction of sp³-hybridized carbons (Fsp3) is 0.867. The normalized spacial score (nSPS) is 24.8. The van der Waals surface area contributed by atoms with Gasteiger partial charge in [-0.15, -0.1) is 0 Å². The number of amides is 2. The molecule has 1 fully saturated rings. The van der Waals surface area contributed by atoms with Crippen LogP contribution in [0.1, 0.15) is 59.8 Å². The summed E-state index contributed by atoms with van der Waals surface area (Å²) in [5, 5.41) is 14.7. The monoisotopic (exact) mass is 284 g/mol. The first-order valence-electron chi connectivity index (χ1n) is 7.53. The molecule has 0 bridgehead atoms. The Morgan fingerprint density at radius 2 is 1.95 bits per heavy atom. The first kappa shape index (κ1) is 16.8. The van der Waals surface area contributed by atoms with Crippen LogP contribution in [-0.4, -0.2) is 29.2 Å². The standard InChI is InChI=1S/C15H28N2O3/c1-5-10-7-6-8-11(9-10)16-14(20)17-12(13(18)19)15(2,3)4/h10-12H,5-9H2,1-4H3,(H,18,19)(H2,16,17,20). The number of carbonyl (C=O) groups is 2. The number of rotatable bonds is 4. The quantitative estimate of drug-likeness (QED) is 0.742. The highest BCUT2D eigenvalue weighted by Crippen LogP contribution is 2.26. The minimum atomic E-state index is -0.997. The molecule has 1 saturated carbocycles. The van der Waals surface area contributed by atoms with Gasteiger partial charge in [-0.05, 0) is 24.2 Å². The Bertz CT molecular complexity index is 350. The number of aliphatic carboxylic acids is 1. The van der Waals surface area contributed by atoms with E-state index in [1.54, 1.807) is 20.8 Å². The van der Waals surface area contributed by atoms with E-state index >= 15 is 0 Å². The SMILES string of the molecule is CCC1CCCC(NC(=O)NC(C(=O)O)C(C)(C)C)C1. The second-order valence-electron chi connectivity index (χ2n) is 6.89. The van der Waals surface area contributed by atoms with Gasteiger partial charge in [-0.25, -0.2) is 9.59 Å². The van der Waals surface area contributed by atoms with E-state index in [1.807, 2.05) is 0 Å². The average Bonchev–Trinajstić information content (AvgIpc) is 2.34. The van der Waals surface area contributed by atoms with Gasteiger partial charge in [0, 0.05) is 6.04 Å². The molecule has 1 aliphatic carbocycles. The van der Waals surface area contributed by atoms with Crippen LogP contribution in [0.4, 0.5) is 4.79 Å². The zero-order valence-electron chi connectivity index (χ0n) is 13.0. The van der Waals surface area contributed by atoms with Gasteiger partial charge < -0.3 is 15.7 Å². The molecular formula is C15H28N2O3. The van der Waals surface area contributed by atoms with Gasteiger partial charge in [-0.1, -0.05) is 47.0 Å². The van der Waals surface area contributed by atoms with Gasteiger partial charge >= 0.3 is 12.0 Å².